The molecule has 144 valence electrons. The highest BCUT2D eigenvalue weighted by atomic mass is 79.9. The summed E-state index contributed by atoms with van der Waals surface area (Å²) in [4.78, 5) is 40.7. The van der Waals surface area contributed by atoms with Gasteiger partial charge in [-0.25, -0.2) is 4.98 Å². The molecule has 1 heterocycles. The zero-order valence-electron chi connectivity index (χ0n) is 14.2. The lowest BCUT2D eigenvalue weighted by molar-refractivity contribution is -0.124. The largest absolute Gasteiger partial charge is 0.345 e. The molecular weight excluding hydrogens is 471 g/mol. The van der Waals surface area contributed by atoms with Gasteiger partial charge in [-0.05, 0) is 40.2 Å². The molecule has 0 atom stereocenters. The maximum atomic E-state index is 12.5. The number of amides is 2. The number of carbonyl (C=O) groups is 2. The van der Waals surface area contributed by atoms with Crippen LogP contribution in [0, 0.1) is 0 Å². The van der Waals surface area contributed by atoms with Gasteiger partial charge in [0.15, 0.2) is 0 Å². The predicted octanol–water partition coefficient (Wildman–Crippen LogP) is 3.22. The molecule has 0 unspecified atom stereocenters. The summed E-state index contributed by atoms with van der Waals surface area (Å²) in [5.41, 5.74) is 0.438. The van der Waals surface area contributed by atoms with Gasteiger partial charge in [0.25, 0.3) is 5.56 Å². The number of anilines is 1. The third-order valence-corrected chi connectivity index (χ3v) is 4.95. The van der Waals surface area contributed by atoms with Crippen LogP contribution in [0.3, 0.4) is 0 Å². The van der Waals surface area contributed by atoms with Crippen molar-refractivity contribution in [1.29, 1.82) is 0 Å². The van der Waals surface area contributed by atoms with Crippen LogP contribution in [0.2, 0.25) is 10.0 Å². The number of benzene rings is 2. The van der Waals surface area contributed by atoms with E-state index in [0.717, 1.165) is 9.04 Å². The van der Waals surface area contributed by atoms with Crippen LogP contribution < -0.4 is 16.2 Å². The fraction of sp³-hybridized carbons (Fsp3) is 0.111. The van der Waals surface area contributed by atoms with E-state index in [2.05, 4.69) is 31.5 Å². The standard InChI is InChI=1S/C18H13BrCl2N4O3/c19-12-3-1-2-4-14(12)24-15(26)7-22-16(27)8-25-9-23-17-11(18(25)28)5-10(20)6-13(17)21/h1-6,9H,7-8H2,(H,22,27)(H,24,26). The van der Waals surface area contributed by atoms with Crippen molar-refractivity contribution >= 4 is 67.5 Å². The molecule has 2 amide bonds. The summed E-state index contributed by atoms with van der Waals surface area (Å²) < 4.78 is 1.84. The Morgan fingerprint density at radius 3 is 2.64 bits per heavy atom. The second-order valence-corrected chi connectivity index (χ2v) is 7.46. The molecule has 0 bridgehead atoms. The average Bonchev–Trinajstić information content (AvgIpc) is 2.64. The number of fused-ring (bicyclic) bond motifs is 1. The lowest BCUT2D eigenvalue weighted by Crippen LogP contribution is -2.37. The van der Waals surface area contributed by atoms with E-state index >= 15 is 0 Å². The number of carbonyl (C=O) groups excluding carboxylic acids is 2. The monoisotopic (exact) mass is 482 g/mol. The second-order valence-electron chi connectivity index (χ2n) is 5.77. The minimum Gasteiger partial charge on any atom is -0.345 e. The number of para-hydroxylation sites is 1. The van der Waals surface area contributed by atoms with E-state index in [1.807, 2.05) is 6.07 Å². The number of rotatable bonds is 5. The zero-order valence-corrected chi connectivity index (χ0v) is 17.3. The Balaban J connectivity index is 1.65. The lowest BCUT2D eigenvalue weighted by Gasteiger charge is -2.10. The average molecular weight is 484 g/mol. The first-order valence-corrected chi connectivity index (χ1v) is 9.55. The van der Waals surface area contributed by atoms with Crippen molar-refractivity contribution in [2.75, 3.05) is 11.9 Å². The molecule has 0 aliphatic carbocycles. The second kappa shape index (κ2) is 8.72. The molecular formula is C18H13BrCl2N4O3. The third kappa shape index (κ3) is 4.70. The van der Waals surface area contributed by atoms with Crippen LogP contribution in [0.25, 0.3) is 10.9 Å². The van der Waals surface area contributed by atoms with Crippen molar-refractivity contribution in [2.45, 2.75) is 6.54 Å². The molecule has 0 saturated carbocycles. The Labute approximate surface area is 177 Å². The van der Waals surface area contributed by atoms with Gasteiger partial charge in [-0.3, -0.25) is 19.0 Å². The molecule has 3 rings (SSSR count). The maximum absolute atomic E-state index is 12.5. The molecule has 1 aromatic heterocycles. The summed E-state index contributed by atoms with van der Waals surface area (Å²) >= 11 is 15.3. The van der Waals surface area contributed by atoms with Crippen molar-refractivity contribution in [3.8, 4) is 0 Å². The van der Waals surface area contributed by atoms with E-state index in [1.54, 1.807) is 18.2 Å². The highest BCUT2D eigenvalue weighted by Crippen LogP contribution is 2.24. The first kappa shape index (κ1) is 20.3. The number of halogens is 3. The Morgan fingerprint density at radius 1 is 1.14 bits per heavy atom. The van der Waals surface area contributed by atoms with Gasteiger partial charge in [0.1, 0.15) is 6.54 Å². The van der Waals surface area contributed by atoms with Gasteiger partial charge < -0.3 is 10.6 Å². The van der Waals surface area contributed by atoms with Crippen LogP contribution in [-0.4, -0.2) is 27.9 Å². The van der Waals surface area contributed by atoms with Gasteiger partial charge in [-0.15, -0.1) is 0 Å². The van der Waals surface area contributed by atoms with Crippen molar-refractivity contribution in [3.05, 3.63) is 67.6 Å². The van der Waals surface area contributed by atoms with E-state index in [9.17, 15) is 14.4 Å². The van der Waals surface area contributed by atoms with E-state index in [1.165, 1.54) is 18.5 Å². The van der Waals surface area contributed by atoms with Gasteiger partial charge in [0.05, 0.1) is 34.5 Å². The number of hydrogen-bond donors (Lipinski definition) is 2. The topological polar surface area (TPSA) is 93.1 Å². The zero-order chi connectivity index (χ0) is 20.3. The molecule has 2 aromatic carbocycles. The molecule has 7 nitrogen and oxygen atoms in total. The van der Waals surface area contributed by atoms with Gasteiger partial charge in [-0.1, -0.05) is 35.3 Å². The summed E-state index contributed by atoms with van der Waals surface area (Å²) in [6, 6.07) is 10.0. The van der Waals surface area contributed by atoms with Crippen LogP contribution in [-0.2, 0) is 16.1 Å². The normalized spacial score (nSPS) is 10.7. The quantitative estimate of drug-likeness (QED) is 0.582. The van der Waals surface area contributed by atoms with E-state index < -0.39 is 17.4 Å². The highest BCUT2D eigenvalue weighted by Gasteiger charge is 2.12. The molecule has 0 radical (unpaired) electrons. The summed E-state index contributed by atoms with van der Waals surface area (Å²) in [7, 11) is 0. The van der Waals surface area contributed by atoms with Crippen LogP contribution in [0.1, 0.15) is 0 Å². The van der Waals surface area contributed by atoms with Crippen LogP contribution in [0.4, 0.5) is 5.69 Å². The van der Waals surface area contributed by atoms with Gasteiger partial charge >= 0.3 is 0 Å². The van der Waals surface area contributed by atoms with E-state index in [4.69, 9.17) is 23.2 Å². The van der Waals surface area contributed by atoms with Crippen molar-refractivity contribution < 1.29 is 9.59 Å². The molecule has 0 saturated heterocycles. The first-order chi connectivity index (χ1) is 13.3. The van der Waals surface area contributed by atoms with E-state index in [-0.39, 0.29) is 23.5 Å². The molecule has 0 fully saturated rings. The molecule has 3 aromatic rings. The van der Waals surface area contributed by atoms with Crippen LogP contribution in [0.15, 0.2) is 52.0 Å². The number of hydrogen-bond acceptors (Lipinski definition) is 4. The fourth-order valence-corrected chi connectivity index (χ4v) is 3.38. The molecule has 0 aliphatic rings. The molecule has 10 heteroatoms. The Kier molecular flexibility index (Phi) is 6.33. The predicted molar refractivity (Wildman–Crippen MR) is 112 cm³/mol. The Hall–Kier alpha value is -2.42. The Morgan fingerprint density at radius 2 is 1.89 bits per heavy atom. The van der Waals surface area contributed by atoms with Gasteiger partial charge in [0.2, 0.25) is 11.8 Å². The van der Waals surface area contributed by atoms with E-state index in [0.29, 0.717) is 16.2 Å². The van der Waals surface area contributed by atoms with Crippen molar-refractivity contribution in [1.82, 2.24) is 14.9 Å². The minimum absolute atomic E-state index is 0.208. The van der Waals surface area contributed by atoms with Crippen LogP contribution in [0.5, 0.6) is 0 Å². The van der Waals surface area contributed by atoms with Crippen LogP contribution >= 0.6 is 39.1 Å². The maximum Gasteiger partial charge on any atom is 0.261 e. The lowest BCUT2D eigenvalue weighted by atomic mass is 10.2. The molecule has 0 aliphatic heterocycles. The van der Waals surface area contributed by atoms with Crippen molar-refractivity contribution in [3.63, 3.8) is 0 Å². The van der Waals surface area contributed by atoms with Gasteiger partial charge in [-0.2, -0.15) is 0 Å². The summed E-state index contributed by atoms with van der Waals surface area (Å²) in [5, 5.41) is 5.88. The molecule has 28 heavy (non-hydrogen) atoms. The third-order valence-electron chi connectivity index (χ3n) is 3.75. The summed E-state index contributed by atoms with van der Waals surface area (Å²) in [6.07, 6.45) is 1.23. The highest BCUT2D eigenvalue weighted by molar-refractivity contribution is 9.10. The smallest absolute Gasteiger partial charge is 0.261 e. The Bertz CT molecular complexity index is 1130. The SMILES string of the molecule is O=C(Cn1cnc2c(Cl)cc(Cl)cc2c1=O)NCC(=O)Nc1ccccc1Br. The first-order valence-electron chi connectivity index (χ1n) is 8.00. The molecule has 2 N–H and O–H groups in total. The van der Waals surface area contributed by atoms with Gasteiger partial charge in [0, 0.05) is 9.50 Å². The minimum atomic E-state index is -0.515. The number of nitrogens with one attached hydrogen (secondary N) is 2. The number of nitrogens with zero attached hydrogens (tertiary/aromatic N) is 2. The summed E-state index contributed by atoms with van der Waals surface area (Å²) in [6.45, 7) is -0.540. The molecule has 0 spiro atoms. The fourth-order valence-electron chi connectivity index (χ4n) is 2.45. The van der Waals surface area contributed by atoms with Crippen molar-refractivity contribution in [2.24, 2.45) is 0 Å². The number of aromatic nitrogens is 2. The summed E-state index contributed by atoms with van der Waals surface area (Å²) in [5.74, 6) is -0.915.